The van der Waals surface area contributed by atoms with Gasteiger partial charge in [0.25, 0.3) is 0 Å². The fourth-order valence-corrected chi connectivity index (χ4v) is 8.20. The van der Waals surface area contributed by atoms with Gasteiger partial charge in [-0.25, -0.2) is 13.0 Å². The summed E-state index contributed by atoms with van der Waals surface area (Å²) in [5.74, 6) is -0.788. The number of carboxylic acid groups (broad SMARTS) is 1. The number of carbonyl (C=O) groups excluding carboxylic acids is 1. The van der Waals surface area contributed by atoms with Crippen molar-refractivity contribution in [3.8, 4) is 0 Å². The van der Waals surface area contributed by atoms with E-state index in [1.54, 1.807) is 0 Å². The molecule has 1 aromatic heterocycles. The van der Waals surface area contributed by atoms with Crippen molar-refractivity contribution in [3.05, 3.63) is 83.2 Å². The molecule has 0 saturated heterocycles. The van der Waals surface area contributed by atoms with E-state index >= 15 is 0 Å². The Morgan fingerprint density at radius 3 is 2.41 bits per heavy atom. The van der Waals surface area contributed by atoms with Crippen molar-refractivity contribution in [1.29, 1.82) is 0 Å². The van der Waals surface area contributed by atoms with Crippen molar-refractivity contribution in [2.45, 2.75) is 119 Å². The average molecular weight is 770 g/mol. The van der Waals surface area contributed by atoms with Gasteiger partial charge < -0.3 is 19.3 Å². The second kappa shape index (κ2) is 19.2. The molecule has 1 aliphatic carbocycles. The number of carbonyl (C=O) groups is 2. The van der Waals surface area contributed by atoms with Crippen molar-refractivity contribution in [3.63, 3.8) is 0 Å². The van der Waals surface area contributed by atoms with Gasteiger partial charge in [0.1, 0.15) is 33.3 Å². The number of fused-ring (bicyclic) bond motifs is 2. The van der Waals surface area contributed by atoms with Gasteiger partial charge in [0.2, 0.25) is 0 Å². The van der Waals surface area contributed by atoms with E-state index in [0.717, 1.165) is 64.4 Å². The SMILES string of the molecule is CC1(C)\C(=C/C=C/C=C/C2[NH+](CCCCCC(=O)O)c3ccc(SO[O-])cc3C2(C)C)Cc2c1cc(S(=O)(=O)[O-])c[n+]2CCCCCC(=O)F.[K+]. The van der Waals surface area contributed by atoms with Crippen molar-refractivity contribution in [2.24, 2.45) is 0 Å². The van der Waals surface area contributed by atoms with Crippen LogP contribution < -0.4 is 66.1 Å². The molecule has 14 heteroatoms. The van der Waals surface area contributed by atoms with Gasteiger partial charge in [0.15, 0.2) is 11.9 Å². The molecule has 4 rings (SSSR count). The topological polar surface area (TPSA) is 152 Å². The van der Waals surface area contributed by atoms with E-state index in [1.807, 2.05) is 60.9 Å². The molecule has 0 saturated carbocycles. The molecule has 2 heterocycles. The predicted octanol–water partition coefficient (Wildman–Crippen LogP) is 1.63. The molecular weight excluding hydrogens is 723 g/mol. The largest absolute Gasteiger partial charge is 1.00 e. The number of aryl methyl sites for hydroxylation is 1. The second-order valence-electron chi connectivity index (χ2n) is 14.2. The van der Waals surface area contributed by atoms with Crippen molar-refractivity contribution in [1.82, 2.24) is 0 Å². The molecule has 2 aliphatic rings. The van der Waals surface area contributed by atoms with Crippen molar-refractivity contribution >= 4 is 39.9 Å². The van der Waals surface area contributed by atoms with E-state index < -0.39 is 27.5 Å². The maximum atomic E-state index is 12.6. The smallest absolute Gasteiger partial charge is 0.744 e. The van der Waals surface area contributed by atoms with Crippen LogP contribution >= 0.6 is 12.0 Å². The molecule has 2 atom stereocenters. The zero-order chi connectivity index (χ0) is 36.7. The van der Waals surface area contributed by atoms with E-state index in [9.17, 15) is 32.2 Å². The average Bonchev–Trinajstić information content (AvgIpc) is 3.41. The summed E-state index contributed by atoms with van der Waals surface area (Å²) in [6.07, 6.45) is 16.0. The van der Waals surface area contributed by atoms with Gasteiger partial charge in [-0.2, -0.15) is 4.39 Å². The minimum atomic E-state index is -4.70. The van der Waals surface area contributed by atoms with Gasteiger partial charge in [0, 0.05) is 58.8 Å². The Morgan fingerprint density at radius 2 is 1.75 bits per heavy atom. The summed E-state index contributed by atoms with van der Waals surface area (Å²) >= 11 is 0.786. The fourth-order valence-electron chi connectivity index (χ4n) is 7.31. The van der Waals surface area contributed by atoms with Crippen molar-refractivity contribution in [2.75, 3.05) is 6.54 Å². The number of aromatic nitrogens is 1. The number of rotatable bonds is 18. The summed E-state index contributed by atoms with van der Waals surface area (Å²) in [6.45, 7) is 9.64. The molecule has 1 aliphatic heterocycles. The molecule has 0 bridgehead atoms. The Balaban J connectivity index is 0.00000702. The monoisotopic (exact) mass is 769 g/mol. The second-order valence-corrected chi connectivity index (χ2v) is 16.3. The predicted molar refractivity (Wildman–Crippen MR) is 184 cm³/mol. The number of halogens is 1. The summed E-state index contributed by atoms with van der Waals surface area (Å²) in [5, 5.41) is 19.9. The number of quaternary nitrogens is 1. The van der Waals surface area contributed by atoms with Gasteiger partial charge in [-0.1, -0.05) is 38.2 Å². The van der Waals surface area contributed by atoms with Gasteiger partial charge >= 0.3 is 63.4 Å². The van der Waals surface area contributed by atoms with Crippen LogP contribution in [0, 0.1) is 0 Å². The van der Waals surface area contributed by atoms with Crippen LogP contribution in [0.15, 0.2) is 76.2 Å². The van der Waals surface area contributed by atoms with Crippen LogP contribution in [-0.2, 0) is 47.8 Å². The van der Waals surface area contributed by atoms with E-state index in [4.69, 9.17) is 5.11 Å². The Morgan fingerprint density at radius 1 is 1.04 bits per heavy atom. The summed E-state index contributed by atoms with van der Waals surface area (Å²) in [5.41, 5.74) is 4.24. The molecule has 2 unspecified atom stereocenters. The van der Waals surface area contributed by atoms with E-state index in [1.165, 1.54) is 17.2 Å². The summed E-state index contributed by atoms with van der Waals surface area (Å²) < 4.78 is 54.7. The number of unbranched alkanes of at least 4 members (excludes halogenated alkanes) is 4. The number of allylic oxidation sites excluding steroid dienone is 5. The third kappa shape index (κ3) is 11.2. The Hall–Kier alpha value is -1.56. The Labute approximate surface area is 347 Å². The summed E-state index contributed by atoms with van der Waals surface area (Å²) in [7, 11) is -4.70. The molecule has 2 aromatic rings. The van der Waals surface area contributed by atoms with E-state index in [2.05, 4.69) is 24.3 Å². The third-order valence-corrected chi connectivity index (χ3v) is 11.4. The van der Waals surface area contributed by atoms with Crippen molar-refractivity contribution < 1.29 is 102 Å². The number of aliphatic carboxylic acids is 1. The molecule has 0 radical (unpaired) electrons. The van der Waals surface area contributed by atoms with Crippen LogP contribution in [-0.4, -0.2) is 42.7 Å². The molecule has 0 fully saturated rings. The molecule has 51 heavy (non-hydrogen) atoms. The normalized spacial score (nSPS) is 19.8. The molecule has 272 valence electrons. The number of pyridine rings is 1. The number of nitrogens with zero attached hydrogens (tertiary/aromatic N) is 1. The van der Waals surface area contributed by atoms with Gasteiger partial charge in [-0.05, 0) is 75.8 Å². The zero-order valence-electron chi connectivity index (χ0n) is 30.1. The standard InChI is InChI=1S/C37H47FN2O8S2.K/c1-36(2)26(22-32-30(36)24-28(50(45,46)47)25-39(32)20-12-6-10-16-34(38)41)14-8-5-9-15-33-37(3,4)29-23-27(49-48-44)18-19-31(29)40(33)21-13-7-11-17-35(42)43;/h5,8-9,14-15,18-19,23-25,33H,6-7,10-13,16-17,20-22H2,1-4H3,(H2-,42,43,44,45,46,47);/q;+1/b8-5+,15-9+,26-14-;. The quantitative estimate of drug-likeness (QED) is 0.0266. The first-order chi connectivity index (χ1) is 23.6. The number of hydrogen-bond donors (Lipinski definition) is 2. The van der Waals surface area contributed by atoms with Gasteiger partial charge in [-0.3, -0.25) is 14.5 Å². The molecule has 2 N–H and O–H groups in total. The number of nitrogens with one attached hydrogen (secondary N) is 1. The molecule has 0 spiro atoms. The first kappa shape index (κ1) is 43.8. The minimum Gasteiger partial charge on any atom is -0.744 e. The third-order valence-electron chi connectivity index (χ3n) is 10.1. The van der Waals surface area contributed by atoms with Crippen LogP contribution in [0.25, 0.3) is 0 Å². The fraction of sp³-hybridized carbons (Fsp3) is 0.486. The number of benzene rings is 1. The summed E-state index contributed by atoms with van der Waals surface area (Å²) in [6, 6.07) is 6.14. The van der Waals surface area contributed by atoms with Gasteiger partial charge in [0.05, 0.1) is 18.4 Å². The van der Waals surface area contributed by atoms with E-state index in [-0.39, 0.29) is 80.6 Å². The van der Waals surface area contributed by atoms with Crippen LogP contribution in [0.3, 0.4) is 0 Å². The summed E-state index contributed by atoms with van der Waals surface area (Å²) in [4.78, 5) is 23.4. The minimum absolute atomic E-state index is 0. The van der Waals surface area contributed by atoms with Crippen LogP contribution in [0.1, 0.15) is 95.9 Å². The van der Waals surface area contributed by atoms with Gasteiger partial charge in [-0.15, -0.1) is 0 Å². The van der Waals surface area contributed by atoms with Crippen LogP contribution in [0.4, 0.5) is 10.1 Å². The number of carboxylic acids is 1. The zero-order valence-corrected chi connectivity index (χ0v) is 34.8. The van der Waals surface area contributed by atoms with E-state index in [0.29, 0.717) is 38.6 Å². The van der Waals surface area contributed by atoms with Crippen LogP contribution in [0.2, 0.25) is 0 Å². The molecule has 1 aromatic carbocycles. The first-order valence-electron chi connectivity index (χ1n) is 17.0. The first-order valence-corrected chi connectivity index (χ1v) is 19.2. The Bertz CT molecular complexity index is 1780. The maximum Gasteiger partial charge on any atom is 1.00 e. The maximum absolute atomic E-state index is 12.6. The van der Waals surface area contributed by atoms with Crippen LogP contribution in [0.5, 0.6) is 0 Å². The molecule has 10 nitrogen and oxygen atoms in total. The number of hydrogen-bond acceptors (Lipinski definition) is 8. The molecule has 0 amide bonds. The Kier molecular flexibility index (Phi) is 16.5. The molecular formula is C37H47FKN2O8S2+.